The van der Waals surface area contributed by atoms with Crippen molar-refractivity contribution in [1.82, 2.24) is 5.32 Å². The number of piperazine rings is 1. The van der Waals surface area contributed by atoms with Crippen molar-refractivity contribution >= 4 is 17.3 Å². The van der Waals surface area contributed by atoms with Crippen molar-refractivity contribution in [2.75, 3.05) is 24.6 Å². The molecule has 2 N–H and O–H groups in total. The van der Waals surface area contributed by atoms with Crippen LogP contribution < -0.4 is 10.2 Å². The number of anilines is 1. The Kier molecular flexibility index (Phi) is 3.85. The van der Waals surface area contributed by atoms with E-state index in [0.29, 0.717) is 0 Å². The Labute approximate surface area is 114 Å². The van der Waals surface area contributed by atoms with E-state index in [2.05, 4.69) is 31.0 Å². The number of nitrogens with one attached hydrogen (secondary N) is 1. The third-order valence-corrected chi connectivity index (χ3v) is 3.75. The molecule has 0 radical (unpaired) electrons. The fraction of sp³-hybridized carbons (Fsp3) is 0.571. The molecule has 0 aliphatic carbocycles. The number of hydrogen-bond acceptors (Lipinski definition) is 3. The summed E-state index contributed by atoms with van der Waals surface area (Å²) >= 11 is 6.09. The fourth-order valence-corrected chi connectivity index (χ4v) is 2.62. The molecule has 3 nitrogen and oxygen atoms in total. The van der Waals surface area contributed by atoms with E-state index >= 15 is 0 Å². The second-order valence-electron chi connectivity index (χ2n) is 5.66. The minimum absolute atomic E-state index is 0.0421. The molecule has 0 aromatic heterocycles. The molecule has 0 amide bonds. The van der Waals surface area contributed by atoms with Gasteiger partial charge in [-0.2, -0.15) is 0 Å². The maximum atomic E-state index is 9.54. The largest absolute Gasteiger partial charge is 0.394 e. The lowest BCUT2D eigenvalue weighted by Gasteiger charge is -2.45. The fourth-order valence-electron chi connectivity index (χ4n) is 2.45. The minimum Gasteiger partial charge on any atom is -0.394 e. The van der Waals surface area contributed by atoms with E-state index in [1.54, 1.807) is 0 Å². The molecule has 100 valence electrons. The summed E-state index contributed by atoms with van der Waals surface area (Å²) in [6.07, 6.45) is 0. The van der Waals surface area contributed by atoms with Crippen LogP contribution in [0.2, 0.25) is 5.02 Å². The van der Waals surface area contributed by atoms with Crippen LogP contribution in [0.4, 0.5) is 5.69 Å². The number of hydrogen-bond donors (Lipinski definition) is 2. The van der Waals surface area contributed by atoms with E-state index in [0.717, 1.165) is 23.8 Å². The Morgan fingerprint density at radius 2 is 2.22 bits per heavy atom. The highest BCUT2D eigenvalue weighted by atomic mass is 35.5. The molecule has 2 rings (SSSR count). The molecule has 1 aromatic rings. The van der Waals surface area contributed by atoms with Gasteiger partial charge in [0.1, 0.15) is 0 Å². The molecule has 0 bridgehead atoms. The molecule has 1 saturated heterocycles. The van der Waals surface area contributed by atoms with Crippen LogP contribution in [0.1, 0.15) is 19.4 Å². The SMILES string of the molecule is Cc1ccc(Cl)cc1N1CC(C)(C)NCC1CO. The van der Waals surface area contributed by atoms with Gasteiger partial charge >= 0.3 is 0 Å². The van der Waals surface area contributed by atoms with Crippen LogP contribution in [-0.4, -0.2) is 36.4 Å². The molecule has 1 unspecified atom stereocenters. The van der Waals surface area contributed by atoms with Crippen molar-refractivity contribution in [1.29, 1.82) is 0 Å². The lowest BCUT2D eigenvalue weighted by Crippen LogP contribution is -2.63. The van der Waals surface area contributed by atoms with Crippen LogP contribution in [0.25, 0.3) is 0 Å². The van der Waals surface area contributed by atoms with E-state index in [9.17, 15) is 5.11 Å². The summed E-state index contributed by atoms with van der Waals surface area (Å²) in [5, 5.41) is 13.7. The highest BCUT2D eigenvalue weighted by molar-refractivity contribution is 6.30. The van der Waals surface area contributed by atoms with Crippen molar-refractivity contribution in [3.8, 4) is 0 Å². The maximum Gasteiger partial charge on any atom is 0.0647 e. The number of aliphatic hydroxyl groups excluding tert-OH is 1. The van der Waals surface area contributed by atoms with E-state index in [-0.39, 0.29) is 18.2 Å². The number of halogens is 1. The van der Waals surface area contributed by atoms with Crippen LogP contribution >= 0.6 is 11.6 Å². The van der Waals surface area contributed by atoms with E-state index in [4.69, 9.17) is 11.6 Å². The van der Waals surface area contributed by atoms with Crippen molar-refractivity contribution in [3.05, 3.63) is 28.8 Å². The predicted octanol–water partition coefficient (Wildman–Crippen LogP) is 2.20. The second-order valence-corrected chi connectivity index (χ2v) is 6.10. The summed E-state index contributed by atoms with van der Waals surface area (Å²) in [5.74, 6) is 0. The first-order valence-electron chi connectivity index (χ1n) is 6.31. The minimum atomic E-state index is 0.0421. The Balaban J connectivity index is 2.35. The zero-order valence-corrected chi connectivity index (χ0v) is 12.0. The second kappa shape index (κ2) is 5.08. The lowest BCUT2D eigenvalue weighted by atomic mass is 9.97. The molecule has 0 saturated carbocycles. The van der Waals surface area contributed by atoms with Gasteiger partial charge in [0.05, 0.1) is 12.6 Å². The molecule has 1 heterocycles. The molecular formula is C14H21ClN2O. The van der Waals surface area contributed by atoms with Gasteiger partial charge in [-0.3, -0.25) is 0 Å². The molecule has 0 spiro atoms. The van der Waals surface area contributed by atoms with Gasteiger partial charge in [-0.05, 0) is 38.5 Å². The summed E-state index contributed by atoms with van der Waals surface area (Å²) in [4.78, 5) is 2.26. The van der Waals surface area contributed by atoms with Crippen LogP contribution in [0, 0.1) is 6.92 Å². The maximum absolute atomic E-state index is 9.54. The van der Waals surface area contributed by atoms with Gasteiger partial charge in [0, 0.05) is 29.3 Å². The van der Waals surface area contributed by atoms with Crippen molar-refractivity contribution in [3.63, 3.8) is 0 Å². The molecule has 1 atom stereocenters. The summed E-state index contributed by atoms with van der Waals surface area (Å²) in [5.41, 5.74) is 2.35. The van der Waals surface area contributed by atoms with Crippen molar-refractivity contribution in [2.24, 2.45) is 0 Å². The van der Waals surface area contributed by atoms with E-state index in [1.807, 2.05) is 18.2 Å². The third kappa shape index (κ3) is 2.79. The van der Waals surface area contributed by atoms with Gasteiger partial charge in [0.2, 0.25) is 0 Å². The van der Waals surface area contributed by atoms with Gasteiger partial charge < -0.3 is 15.3 Å². The Bertz CT molecular complexity index is 434. The molecule has 1 aromatic carbocycles. The summed E-state index contributed by atoms with van der Waals surface area (Å²) in [6, 6.07) is 6.03. The normalized spacial score (nSPS) is 23.2. The Morgan fingerprint density at radius 3 is 2.89 bits per heavy atom. The lowest BCUT2D eigenvalue weighted by molar-refractivity contribution is 0.214. The summed E-state index contributed by atoms with van der Waals surface area (Å²) < 4.78 is 0. The first-order valence-corrected chi connectivity index (χ1v) is 6.69. The van der Waals surface area contributed by atoms with Crippen molar-refractivity contribution in [2.45, 2.75) is 32.4 Å². The third-order valence-electron chi connectivity index (χ3n) is 3.51. The molecule has 1 aliphatic rings. The summed E-state index contributed by atoms with van der Waals surface area (Å²) in [6.45, 7) is 8.22. The van der Waals surface area contributed by atoms with Crippen LogP contribution in [0.5, 0.6) is 0 Å². The average Bonchev–Trinajstić information content (AvgIpc) is 2.31. The number of aliphatic hydroxyl groups is 1. The zero-order valence-electron chi connectivity index (χ0n) is 11.2. The van der Waals surface area contributed by atoms with Gasteiger partial charge in [0.25, 0.3) is 0 Å². The highest BCUT2D eigenvalue weighted by Gasteiger charge is 2.32. The number of rotatable bonds is 2. The topological polar surface area (TPSA) is 35.5 Å². The average molecular weight is 269 g/mol. The highest BCUT2D eigenvalue weighted by Crippen LogP contribution is 2.29. The standard InChI is InChI=1S/C14H21ClN2O/c1-10-4-5-11(15)6-13(10)17-9-14(2,3)16-7-12(17)8-18/h4-6,12,16,18H,7-9H2,1-3H3. The molecule has 18 heavy (non-hydrogen) atoms. The zero-order chi connectivity index (χ0) is 13.3. The van der Waals surface area contributed by atoms with Gasteiger partial charge in [-0.15, -0.1) is 0 Å². The van der Waals surface area contributed by atoms with Crippen LogP contribution in [-0.2, 0) is 0 Å². The monoisotopic (exact) mass is 268 g/mol. The molecule has 4 heteroatoms. The first kappa shape index (κ1) is 13.7. The van der Waals surface area contributed by atoms with Gasteiger partial charge in [-0.1, -0.05) is 17.7 Å². The Hall–Kier alpha value is -0.770. The van der Waals surface area contributed by atoms with E-state index < -0.39 is 0 Å². The van der Waals surface area contributed by atoms with Gasteiger partial charge in [-0.25, -0.2) is 0 Å². The molecular weight excluding hydrogens is 248 g/mol. The summed E-state index contributed by atoms with van der Waals surface area (Å²) in [7, 11) is 0. The van der Waals surface area contributed by atoms with E-state index in [1.165, 1.54) is 5.56 Å². The Morgan fingerprint density at radius 1 is 1.50 bits per heavy atom. The molecule has 1 fully saturated rings. The number of aryl methyl sites for hydroxylation is 1. The predicted molar refractivity (Wildman–Crippen MR) is 76.5 cm³/mol. The quantitative estimate of drug-likeness (QED) is 0.863. The van der Waals surface area contributed by atoms with Crippen LogP contribution in [0.15, 0.2) is 18.2 Å². The van der Waals surface area contributed by atoms with Crippen molar-refractivity contribution < 1.29 is 5.11 Å². The number of benzene rings is 1. The van der Waals surface area contributed by atoms with Gasteiger partial charge in [0.15, 0.2) is 0 Å². The number of nitrogens with zero attached hydrogens (tertiary/aromatic N) is 1. The molecule has 1 aliphatic heterocycles. The van der Waals surface area contributed by atoms with Crippen LogP contribution in [0.3, 0.4) is 0 Å². The first-order chi connectivity index (χ1) is 8.43. The smallest absolute Gasteiger partial charge is 0.0647 e.